The zero-order valence-electron chi connectivity index (χ0n) is 15.2. The number of hydrogen-bond donors (Lipinski definition) is 0. The van der Waals surface area contributed by atoms with Crippen LogP contribution < -0.4 is 9.47 Å². The molecule has 5 nitrogen and oxygen atoms in total. The van der Waals surface area contributed by atoms with Crippen molar-refractivity contribution < 1.29 is 14.3 Å². The fourth-order valence-corrected chi connectivity index (χ4v) is 3.56. The van der Waals surface area contributed by atoms with Gasteiger partial charge in [-0.1, -0.05) is 36.4 Å². The lowest BCUT2D eigenvalue weighted by Crippen LogP contribution is -2.31. The molecule has 138 valence electrons. The number of ether oxygens (including phenoxy) is 2. The van der Waals surface area contributed by atoms with E-state index in [0.717, 1.165) is 29.0 Å². The molecule has 0 aliphatic carbocycles. The summed E-state index contributed by atoms with van der Waals surface area (Å²) in [6, 6.07) is 17.3. The number of pyridine rings is 1. The highest BCUT2D eigenvalue weighted by Gasteiger charge is 2.33. The molecule has 5 heteroatoms. The lowest BCUT2D eigenvalue weighted by Gasteiger charge is -2.29. The fraction of sp³-hybridized carbons (Fsp3) is 0.130. The standard InChI is InChI=1S/C23H18N2O3/c26-22-18-8-9-20-19(14-25(15-27-20)13-17-7-4-10-24-12-17)23(18)28-21(22)11-16-5-2-1-3-6-16/h1-12H,13-15H2/b21-11-. The second-order valence-corrected chi connectivity index (χ2v) is 6.89. The van der Waals surface area contributed by atoms with Gasteiger partial charge in [-0.3, -0.25) is 14.7 Å². The molecule has 0 radical (unpaired) electrons. The minimum Gasteiger partial charge on any atom is -0.478 e. The third-order valence-corrected chi connectivity index (χ3v) is 4.91. The predicted molar refractivity (Wildman–Crippen MR) is 105 cm³/mol. The third-order valence-electron chi connectivity index (χ3n) is 4.91. The lowest BCUT2D eigenvalue weighted by molar-refractivity contribution is 0.0872. The van der Waals surface area contributed by atoms with E-state index in [-0.39, 0.29) is 5.78 Å². The van der Waals surface area contributed by atoms with Gasteiger partial charge in [-0.2, -0.15) is 0 Å². The van der Waals surface area contributed by atoms with Crippen LogP contribution in [-0.2, 0) is 13.1 Å². The zero-order chi connectivity index (χ0) is 18.9. The average molecular weight is 370 g/mol. The normalized spacial score (nSPS) is 17.0. The van der Waals surface area contributed by atoms with E-state index in [1.165, 1.54) is 0 Å². The van der Waals surface area contributed by atoms with Crippen molar-refractivity contribution >= 4 is 11.9 Å². The minimum absolute atomic E-state index is 0.0916. The van der Waals surface area contributed by atoms with Crippen LogP contribution in [0.1, 0.15) is 27.0 Å². The number of benzene rings is 2. The van der Waals surface area contributed by atoms with E-state index in [2.05, 4.69) is 9.88 Å². The van der Waals surface area contributed by atoms with E-state index in [0.29, 0.717) is 30.3 Å². The first-order valence-corrected chi connectivity index (χ1v) is 9.17. The molecule has 0 saturated carbocycles. The summed E-state index contributed by atoms with van der Waals surface area (Å²) >= 11 is 0. The van der Waals surface area contributed by atoms with Gasteiger partial charge in [-0.15, -0.1) is 0 Å². The van der Waals surface area contributed by atoms with Crippen LogP contribution in [0.25, 0.3) is 6.08 Å². The van der Waals surface area contributed by atoms with Crippen molar-refractivity contribution in [1.82, 2.24) is 9.88 Å². The predicted octanol–water partition coefficient (Wildman–Crippen LogP) is 4.05. The van der Waals surface area contributed by atoms with Crippen LogP contribution in [0.5, 0.6) is 11.5 Å². The number of nitrogens with zero attached hydrogens (tertiary/aromatic N) is 2. The monoisotopic (exact) mass is 370 g/mol. The largest absolute Gasteiger partial charge is 0.478 e. The number of fused-ring (bicyclic) bond motifs is 3. The number of aromatic nitrogens is 1. The Labute approximate surface area is 162 Å². The average Bonchev–Trinajstić information content (AvgIpc) is 3.05. The summed E-state index contributed by atoms with van der Waals surface area (Å²) in [4.78, 5) is 19.1. The Morgan fingerprint density at radius 2 is 1.96 bits per heavy atom. The molecule has 2 aromatic carbocycles. The zero-order valence-corrected chi connectivity index (χ0v) is 15.2. The van der Waals surface area contributed by atoms with Crippen molar-refractivity contribution in [3.8, 4) is 11.5 Å². The number of allylic oxidation sites excluding steroid dienone is 1. The van der Waals surface area contributed by atoms with Gasteiger partial charge in [0.15, 0.2) is 5.76 Å². The number of Topliss-reactive ketones (excluding diaryl/α,β-unsaturated/α-hetero) is 1. The van der Waals surface area contributed by atoms with Crippen LogP contribution in [0.2, 0.25) is 0 Å². The summed E-state index contributed by atoms with van der Waals surface area (Å²) in [5.41, 5.74) is 3.55. The number of ketones is 1. The van der Waals surface area contributed by atoms with E-state index in [1.54, 1.807) is 18.3 Å². The highest BCUT2D eigenvalue weighted by Crippen LogP contribution is 2.42. The Morgan fingerprint density at radius 3 is 2.79 bits per heavy atom. The van der Waals surface area contributed by atoms with E-state index >= 15 is 0 Å². The topological polar surface area (TPSA) is 51.7 Å². The van der Waals surface area contributed by atoms with Crippen molar-refractivity contribution in [2.75, 3.05) is 6.73 Å². The summed E-state index contributed by atoms with van der Waals surface area (Å²) in [5, 5.41) is 0. The van der Waals surface area contributed by atoms with Gasteiger partial charge in [0.25, 0.3) is 0 Å². The van der Waals surface area contributed by atoms with E-state index in [1.807, 2.05) is 54.7 Å². The van der Waals surface area contributed by atoms with Gasteiger partial charge >= 0.3 is 0 Å². The molecule has 3 heterocycles. The molecule has 5 rings (SSSR count). The first-order chi connectivity index (χ1) is 13.8. The molecule has 0 amide bonds. The Balaban J connectivity index is 1.44. The van der Waals surface area contributed by atoms with Crippen LogP contribution in [-0.4, -0.2) is 22.4 Å². The number of hydrogen-bond acceptors (Lipinski definition) is 5. The maximum absolute atomic E-state index is 12.8. The van der Waals surface area contributed by atoms with Crippen LogP contribution in [0.3, 0.4) is 0 Å². The van der Waals surface area contributed by atoms with Gasteiger partial charge in [0.2, 0.25) is 5.78 Å². The maximum Gasteiger partial charge on any atom is 0.231 e. The molecule has 0 unspecified atom stereocenters. The van der Waals surface area contributed by atoms with Crippen LogP contribution in [0, 0.1) is 0 Å². The van der Waals surface area contributed by atoms with Crippen LogP contribution in [0.15, 0.2) is 72.8 Å². The fourth-order valence-electron chi connectivity index (χ4n) is 3.56. The molecule has 28 heavy (non-hydrogen) atoms. The molecule has 2 aliphatic heterocycles. The van der Waals surface area contributed by atoms with Crippen molar-refractivity contribution in [1.29, 1.82) is 0 Å². The minimum atomic E-state index is -0.0916. The SMILES string of the molecule is O=C1/C(=C/c2ccccc2)Oc2c1ccc1c2CN(Cc2cccnc2)CO1. The van der Waals surface area contributed by atoms with E-state index in [9.17, 15) is 4.79 Å². The second-order valence-electron chi connectivity index (χ2n) is 6.89. The summed E-state index contributed by atoms with van der Waals surface area (Å²) in [5.74, 6) is 1.64. The molecule has 3 aromatic rings. The van der Waals surface area contributed by atoms with Gasteiger partial charge in [0, 0.05) is 25.5 Å². The van der Waals surface area contributed by atoms with E-state index < -0.39 is 0 Å². The third kappa shape index (κ3) is 3.06. The molecular formula is C23H18N2O3. The van der Waals surface area contributed by atoms with Crippen molar-refractivity contribution in [2.45, 2.75) is 13.1 Å². The lowest BCUT2D eigenvalue weighted by atomic mass is 10.0. The molecule has 0 N–H and O–H groups in total. The summed E-state index contributed by atoms with van der Waals surface area (Å²) < 4.78 is 11.9. The maximum atomic E-state index is 12.8. The van der Waals surface area contributed by atoms with Crippen molar-refractivity contribution in [3.63, 3.8) is 0 Å². The Hall–Kier alpha value is -3.44. The highest BCUT2D eigenvalue weighted by molar-refractivity contribution is 6.15. The molecule has 0 atom stereocenters. The van der Waals surface area contributed by atoms with Gasteiger partial charge < -0.3 is 9.47 Å². The smallest absolute Gasteiger partial charge is 0.231 e. The molecule has 0 spiro atoms. The Morgan fingerprint density at radius 1 is 1.07 bits per heavy atom. The Bertz CT molecular complexity index is 1060. The van der Waals surface area contributed by atoms with E-state index in [4.69, 9.17) is 9.47 Å². The van der Waals surface area contributed by atoms with Gasteiger partial charge in [0.1, 0.15) is 18.2 Å². The van der Waals surface area contributed by atoms with Gasteiger partial charge in [0.05, 0.1) is 11.1 Å². The number of rotatable bonds is 3. The summed E-state index contributed by atoms with van der Waals surface area (Å²) in [6.07, 6.45) is 5.40. The van der Waals surface area contributed by atoms with Crippen molar-refractivity contribution in [3.05, 3.63) is 95.0 Å². The first-order valence-electron chi connectivity index (χ1n) is 9.17. The highest BCUT2D eigenvalue weighted by atomic mass is 16.5. The summed E-state index contributed by atoms with van der Waals surface area (Å²) in [6.45, 7) is 1.86. The molecule has 0 fully saturated rings. The molecule has 1 aromatic heterocycles. The summed E-state index contributed by atoms with van der Waals surface area (Å²) in [7, 11) is 0. The number of carbonyl (C=O) groups excluding carboxylic acids is 1. The molecule has 0 bridgehead atoms. The molecule has 0 saturated heterocycles. The molecular weight excluding hydrogens is 352 g/mol. The van der Waals surface area contributed by atoms with Crippen LogP contribution >= 0.6 is 0 Å². The number of carbonyl (C=O) groups is 1. The quantitative estimate of drug-likeness (QED) is 0.651. The van der Waals surface area contributed by atoms with Gasteiger partial charge in [-0.25, -0.2) is 0 Å². The van der Waals surface area contributed by atoms with Crippen molar-refractivity contribution in [2.24, 2.45) is 0 Å². The Kier molecular flexibility index (Phi) is 4.14. The first kappa shape index (κ1) is 16.7. The molecule has 2 aliphatic rings. The second kappa shape index (κ2) is 6.94. The van der Waals surface area contributed by atoms with Gasteiger partial charge in [-0.05, 0) is 35.4 Å². The van der Waals surface area contributed by atoms with Crippen LogP contribution in [0.4, 0.5) is 0 Å².